The van der Waals surface area contributed by atoms with Gasteiger partial charge in [-0.2, -0.15) is 0 Å². The molecule has 1 N–H and O–H groups in total. The van der Waals surface area contributed by atoms with Crippen molar-refractivity contribution < 1.29 is 14.6 Å². The lowest BCUT2D eigenvalue weighted by Crippen LogP contribution is -2.25. The Labute approximate surface area is 96.1 Å². The van der Waals surface area contributed by atoms with Crippen molar-refractivity contribution in [1.29, 1.82) is 0 Å². The molecule has 1 aromatic rings. The Bertz CT molecular complexity index is 347. The van der Waals surface area contributed by atoms with E-state index in [1.165, 1.54) is 5.56 Å². The van der Waals surface area contributed by atoms with E-state index in [9.17, 15) is 4.79 Å². The predicted molar refractivity (Wildman–Crippen MR) is 62.8 cm³/mol. The smallest absolute Gasteiger partial charge is 0.307 e. The summed E-state index contributed by atoms with van der Waals surface area (Å²) < 4.78 is 5.56. The van der Waals surface area contributed by atoms with Crippen molar-refractivity contribution in [3.8, 4) is 5.75 Å². The minimum Gasteiger partial charge on any atom is -0.490 e. The number of aryl methyl sites for hydroxylation is 1. The molecule has 0 aliphatic carbocycles. The van der Waals surface area contributed by atoms with Crippen molar-refractivity contribution >= 4 is 5.97 Å². The van der Waals surface area contributed by atoms with Crippen LogP contribution < -0.4 is 4.74 Å². The second-order valence-electron chi connectivity index (χ2n) is 3.48. The number of carbonyl (C=O) groups is 1. The van der Waals surface area contributed by atoms with Crippen LogP contribution in [0.1, 0.15) is 32.3 Å². The average Bonchev–Trinajstić information content (AvgIpc) is 2.31. The Morgan fingerprint density at radius 2 is 2.12 bits per heavy atom. The number of fused-ring (bicyclic) bond motifs is 1. The Kier molecular flexibility index (Phi) is 4.83. The topological polar surface area (TPSA) is 46.5 Å². The third kappa shape index (κ3) is 3.26. The van der Waals surface area contributed by atoms with Gasteiger partial charge in [0.1, 0.15) is 11.9 Å². The summed E-state index contributed by atoms with van der Waals surface area (Å²) in [6.45, 7) is 4.00. The molecule has 0 spiro atoms. The van der Waals surface area contributed by atoms with Crippen molar-refractivity contribution in [2.45, 2.75) is 39.2 Å². The SMILES string of the molecule is CC.O=C(O)CC1CCc2ccccc2O1. The van der Waals surface area contributed by atoms with Crippen molar-refractivity contribution in [1.82, 2.24) is 0 Å². The highest BCUT2D eigenvalue weighted by atomic mass is 16.5. The van der Waals surface area contributed by atoms with E-state index in [4.69, 9.17) is 9.84 Å². The van der Waals surface area contributed by atoms with Gasteiger partial charge in [0.2, 0.25) is 0 Å². The van der Waals surface area contributed by atoms with Crippen molar-refractivity contribution in [2.24, 2.45) is 0 Å². The van der Waals surface area contributed by atoms with Gasteiger partial charge in [0.05, 0.1) is 6.42 Å². The van der Waals surface area contributed by atoms with Crippen LogP contribution in [0.3, 0.4) is 0 Å². The van der Waals surface area contributed by atoms with Gasteiger partial charge in [0.25, 0.3) is 0 Å². The minimum absolute atomic E-state index is 0.0916. The molecule has 0 amide bonds. The first-order valence-electron chi connectivity index (χ1n) is 5.72. The van der Waals surface area contributed by atoms with Crippen LogP contribution in [0.2, 0.25) is 0 Å². The van der Waals surface area contributed by atoms with Crippen molar-refractivity contribution in [2.75, 3.05) is 0 Å². The normalized spacial score (nSPS) is 17.5. The van der Waals surface area contributed by atoms with Crippen LogP contribution in [0, 0.1) is 0 Å². The standard InChI is InChI=1S/C11H12O3.C2H6/c12-11(13)7-9-6-5-8-3-1-2-4-10(8)14-9;1-2/h1-4,9H,5-7H2,(H,12,13);1-2H3. The monoisotopic (exact) mass is 222 g/mol. The number of benzene rings is 1. The molecular formula is C13H18O3. The van der Waals surface area contributed by atoms with Crippen molar-refractivity contribution in [3.63, 3.8) is 0 Å². The summed E-state index contributed by atoms with van der Waals surface area (Å²) in [6.07, 6.45) is 1.63. The maximum absolute atomic E-state index is 10.5. The van der Waals surface area contributed by atoms with E-state index in [0.29, 0.717) is 0 Å². The molecule has 0 fully saturated rings. The lowest BCUT2D eigenvalue weighted by atomic mass is 10.0. The molecular weight excluding hydrogens is 204 g/mol. The highest BCUT2D eigenvalue weighted by molar-refractivity contribution is 5.67. The van der Waals surface area contributed by atoms with Gasteiger partial charge in [0, 0.05) is 0 Å². The molecule has 2 rings (SSSR count). The summed E-state index contributed by atoms with van der Waals surface area (Å²) in [5, 5.41) is 8.63. The molecule has 1 unspecified atom stereocenters. The third-order valence-corrected chi connectivity index (χ3v) is 2.40. The van der Waals surface area contributed by atoms with E-state index < -0.39 is 5.97 Å². The van der Waals surface area contributed by atoms with Crippen molar-refractivity contribution in [3.05, 3.63) is 29.8 Å². The zero-order chi connectivity index (χ0) is 12.0. The highest BCUT2D eigenvalue weighted by Gasteiger charge is 2.21. The lowest BCUT2D eigenvalue weighted by molar-refractivity contribution is -0.139. The number of aliphatic carboxylic acids is 1. The van der Waals surface area contributed by atoms with E-state index in [1.54, 1.807) is 0 Å². The molecule has 0 saturated heterocycles. The molecule has 1 heterocycles. The first-order chi connectivity index (χ1) is 7.75. The Balaban J connectivity index is 0.000000606. The van der Waals surface area contributed by atoms with Crippen LogP contribution in [0.25, 0.3) is 0 Å². The van der Waals surface area contributed by atoms with Crippen LogP contribution in [-0.4, -0.2) is 17.2 Å². The fourth-order valence-electron chi connectivity index (χ4n) is 1.72. The number of ether oxygens (including phenoxy) is 1. The van der Waals surface area contributed by atoms with Gasteiger partial charge >= 0.3 is 5.97 Å². The van der Waals surface area contributed by atoms with Gasteiger partial charge in [-0.3, -0.25) is 4.79 Å². The fourth-order valence-corrected chi connectivity index (χ4v) is 1.72. The minimum atomic E-state index is -0.797. The first-order valence-corrected chi connectivity index (χ1v) is 5.72. The number of carboxylic acids is 1. The zero-order valence-electron chi connectivity index (χ0n) is 9.77. The number of carboxylic acid groups (broad SMARTS) is 1. The van der Waals surface area contributed by atoms with Gasteiger partial charge in [-0.05, 0) is 24.5 Å². The van der Waals surface area contributed by atoms with E-state index in [1.807, 2.05) is 38.1 Å². The molecule has 88 valence electrons. The summed E-state index contributed by atoms with van der Waals surface area (Å²) in [5.74, 6) is 0.0411. The van der Waals surface area contributed by atoms with Crippen LogP contribution in [0.5, 0.6) is 5.75 Å². The molecule has 0 saturated carbocycles. The van der Waals surface area contributed by atoms with E-state index >= 15 is 0 Å². The third-order valence-electron chi connectivity index (χ3n) is 2.40. The molecule has 1 aliphatic heterocycles. The van der Waals surface area contributed by atoms with Gasteiger partial charge in [0.15, 0.2) is 0 Å². The van der Waals surface area contributed by atoms with Gasteiger partial charge in [-0.1, -0.05) is 32.0 Å². The summed E-state index contributed by atoms with van der Waals surface area (Å²) in [7, 11) is 0. The Hall–Kier alpha value is -1.51. The summed E-state index contributed by atoms with van der Waals surface area (Å²) >= 11 is 0. The summed E-state index contributed by atoms with van der Waals surface area (Å²) in [5.41, 5.74) is 1.18. The maximum atomic E-state index is 10.5. The number of para-hydroxylation sites is 1. The first kappa shape index (κ1) is 12.6. The molecule has 16 heavy (non-hydrogen) atoms. The number of hydrogen-bond donors (Lipinski definition) is 1. The molecule has 3 heteroatoms. The van der Waals surface area contributed by atoms with E-state index in [-0.39, 0.29) is 12.5 Å². The molecule has 0 bridgehead atoms. The molecule has 0 radical (unpaired) electrons. The molecule has 1 aromatic carbocycles. The van der Waals surface area contributed by atoms with Gasteiger partial charge in [-0.25, -0.2) is 0 Å². The average molecular weight is 222 g/mol. The van der Waals surface area contributed by atoms with Gasteiger partial charge < -0.3 is 9.84 Å². The summed E-state index contributed by atoms with van der Waals surface area (Å²) in [4.78, 5) is 10.5. The van der Waals surface area contributed by atoms with Crippen LogP contribution in [0.15, 0.2) is 24.3 Å². The summed E-state index contributed by atoms with van der Waals surface area (Å²) in [6, 6.07) is 7.79. The second-order valence-corrected chi connectivity index (χ2v) is 3.48. The molecule has 0 aromatic heterocycles. The largest absolute Gasteiger partial charge is 0.490 e. The van der Waals surface area contributed by atoms with E-state index in [0.717, 1.165) is 18.6 Å². The molecule has 1 atom stereocenters. The predicted octanol–water partition coefficient (Wildman–Crippen LogP) is 2.88. The fraction of sp³-hybridized carbons (Fsp3) is 0.462. The van der Waals surface area contributed by atoms with Crippen LogP contribution in [-0.2, 0) is 11.2 Å². The maximum Gasteiger partial charge on any atom is 0.307 e. The van der Waals surface area contributed by atoms with Crippen LogP contribution >= 0.6 is 0 Å². The molecule has 3 nitrogen and oxygen atoms in total. The molecule has 1 aliphatic rings. The zero-order valence-corrected chi connectivity index (χ0v) is 9.77. The Morgan fingerprint density at radius 3 is 2.81 bits per heavy atom. The van der Waals surface area contributed by atoms with E-state index in [2.05, 4.69) is 0 Å². The lowest BCUT2D eigenvalue weighted by Gasteiger charge is -2.24. The number of rotatable bonds is 2. The number of hydrogen-bond acceptors (Lipinski definition) is 2. The van der Waals surface area contributed by atoms with Crippen LogP contribution in [0.4, 0.5) is 0 Å². The second kappa shape index (κ2) is 6.16. The quantitative estimate of drug-likeness (QED) is 0.836. The Morgan fingerprint density at radius 1 is 1.44 bits per heavy atom. The highest BCUT2D eigenvalue weighted by Crippen LogP contribution is 2.27. The van der Waals surface area contributed by atoms with Gasteiger partial charge in [-0.15, -0.1) is 0 Å².